The molecule has 0 amide bonds. The summed E-state index contributed by atoms with van der Waals surface area (Å²) in [5.41, 5.74) is -0.0316. The minimum absolute atomic E-state index is 0.0316. The second-order valence-corrected chi connectivity index (χ2v) is 2.79. The zero-order valence-electron chi connectivity index (χ0n) is 6.27. The van der Waals surface area contributed by atoms with E-state index >= 15 is 0 Å². The summed E-state index contributed by atoms with van der Waals surface area (Å²) in [5.74, 6) is -1.99. The van der Waals surface area contributed by atoms with Crippen LogP contribution in [0.4, 0.5) is 8.78 Å². The predicted octanol–water partition coefficient (Wildman–Crippen LogP) is 2.46. The fraction of sp³-hybridized carbons (Fsp3) is 0.125. The van der Waals surface area contributed by atoms with Crippen molar-refractivity contribution in [3.8, 4) is 0 Å². The first kappa shape index (κ1) is 9.19. The van der Waals surface area contributed by atoms with Gasteiger partial charge in [-0.1, -0.05) is 0 Å². The highest BCUT2D eigenvalue weighted by Crippen LogP contribution is 2.19. The first-order chi connectivity index (χ1) is 5.52. The summed E-state index contributed by atoms with van der Waals surface area (Å²) in [6.45, 7) is 1.23. The molecule has 0 aliphatic carbocycles. The molecular weight excluding hydrogens is 182 g/mol. The lowest BCUT2D eigenvalue weighted by atomic mass is 10.1. The minimum Gasteiger partial charge on any atom is -0.294 e. The van der Waals surface area contributed by atoms with Crippen LogP contribution in [0, 0.1) is 11.6 Å². The number of Topliss-reactive ketones (excluding diaryl/α,β-unsaturated/α-hetero) is 1. The number of hydrogen-bond donors (Lipinski definition) is 1. The van der Waals surface area contributed by atoms with Gasteiger partial charge in [0, 0.05) is 11.6 Å². The number of thiol groups is 1. The molecule has 64 valence electrons. The Bertz CT molecular complexity index is 336. The molecule has 1 nitrogen and oxygen atoms in total. The summed E-state index contributed by atoms with van der Waals surface area (Å²) >= 11 is 3.74. The van der Waals surface area contributed by atoms with E-state index in [1.54, 1.807) is 0 Å². The van der Waals surface area contributed by atoms with Crippen molar-refractivity contribution in [3.63, 3.8) is 0 Å². The van der Waals surface area contributed by atoms with Gasteiger partial charge in [0.05, 0.1) is 4.90 Å². The summed E-state index contributed by atoms with van der Waals surface area (Å²) in [5, 5.41) is 0. The van der Waals surface area contributed by atoms with Crippen LogP contribution < -0.4 is 0 Å². The zero-order chi connectivity index (χ0) is 9.30. The lowest BCUT2D eigenvalue weighted by molar-refractivity contribution is 0.101. The molecule has 0 heterocycles. The van der Waals surface area contributed by atoms with Crippen molar-refractivity contribution in [3.05, 3.63) is 29.3 Å². The molecule has 0 saturated carbocycles. The molecule has 0 unspecified atom stereocenters. The van der Waals surface area contributed by atoms with Gasteiger partial charge in [-0.2, -0.15) is 0 Å². The van der Waals surface area contributed by atoms with Crippen molar-refractivity contribution in [1.82, 2.24) is 0 Å². The monoisotopic (exact) mass is 188 g/mol. The second-order valence-electron chi connectivity index (χ2n) is 2.34. The zero-order valence-corrected chi connectivity index (χ0v) is 7.16. The number of carbonyl (C=O) groups is 1. The number of benzene rings is 1. The second kappa shape index (κ2) is 3.23. The van der Waals surface area contributed by atoms with Crippen molar-refractivity contribution in [2.75, 3.05) is 0 Å². The Morgan fingerprint density at radius 1 is 1.42 bits per heavy atom. The Hall–Kier alpha value is -0.900. The van der Waals surface area contributed by atoms with Gasteiger partial charge in [0.2, 0.25) is 0 Å². The third-order valence-electron chi connectivity index (χ3n) is 1.41. The lowest BCUT2D eigenvalue weighted by Gasteiger charge is -2.01. The van der Waals surface area contributed by atoms with Crippen molar-refractivity contribution in [2.45, 2.75) is 11.8 Å². The molecule has 0 radical (unpaired) electrons. The van der Waals surface area contributed by atoms with Gasteiger partial charge < -0.3 is 0 Å². The Labute approximate surface area is 73.8 Å². The van der Waals surface area contributed by atoms with Crippen LogP contribution in [0.1, 0.15) is 17.3 Å². The normalized spacial score (nSPS) is 10.0. The molecule has 0 aliphatic heterocycles. The largest absolute Gasteiger partial charge is 0.294 e. The van der Waals surface area contributed by atoms with Crippen LogP contribution in [0.5, 0.6) is 0 Å². The maximum Gasteiger partial charge on any atom is 0.161 e. The van der Waals surface area contributed by atoms with E-state index in [1.165, 1.54) is 6.92 Å². The maximum absolute atomic E-state index is 12.7. The fourth-order valence-electron chi connectivity index (χ4n) is 0.834. The highest BCUT2D eigenvalue weighted by molar-refractivity contribution is 7.80. The van der Waals surface area contributed by atoms with Crippen LogP contribution in [-0.2, 0) is 0 Å². The molecule has 0 saturated heterocycles. The first-order valence-corrected chi connectivity index (χ1v) is 3.66. The average Bonchev–Trinajstić information content (AvgIpc) is 1.96. The van der Waals surface area contributed by atoms with Crippen molar-refractivity contribution in [1.29, 1.82) is 0 Å². The first-order valence-electron chi connectivity index (χ1n) is 3.21. The Balaban J connectivity index is 3.37. The summed E-state index contributed by atoms with van der Waals surface area (Å²) in [6, 6.07) is 1.66. The van der Waals surface area contributed by atoms with Gasteiger partial charge in [-0.25, -0.2) is 8.78 Å². The predicted molar refractivity (Wildman–Crippen MR) is 43.6 cm³/mol. The van der Waals surface area contributed by atoms with Crippen LogP contribution in [-0.4, -0.2) is 5.78 Å². The standard InChI is InChI=1S/C8H6F2OS/c1-4(11)6-2-5(9)3-7(10)8(6)12/h2-3,12H,1H3. The van der Waals surface area contributed by atoms with Gasteiger partial charge >= 0.3 is 0 Å². The van der Waals surface area contributed by atoms with E-state index in [1.807, 2.05) is 0 Å². The SMILES string of the molecule is CC(=O)c1cc(F)cc(F)c1S. The molecule has 1 aromatic carbocycles. The summed E-state index contributed by atoms with van der Waals surface area (Å²) in [4.78, 5) is 10.7. The van der Waals surface area contributed by atoms with Gasteiger partial charge in [-0.05, 0) is 13.0 Å². The van der Waals surface area contributed by atoms with Gasteiger partial charge in [-0.15, -0.1) is 12.6 Å². The van der Waals surface area contributed by atoms with Crippen molar-refractivity contribution >= 4 is 18.4 Å². The van der Waals surface area contributed by atoms with Crippen LogP contribution in [0.2, 0.25) is 0 Å². The van der Waals surface area contributed by atoms with Crippen LogP contribution >= 0.6 is 12.6 Å². The topological polar surface area (TPSA) is 17.1 Å². The molecule has 4 heteroatoms. The number of hydrogen-bond acceptors (Lipinski definition) is 2. The third-order valence-corrected chi connectivity index (χ3v) is 1.86. The highest BCUT2D eigenvalue weighted by atomic mass is 32.1. The molecular formula is C8H6F2OS. The minimum atomic E-state index is -0.816. The van der Waals surface area contributed by atoms with Crippen LogP contribution in [0.3, 0.4) is 0 Å². The Morgan fingerprint density at radius 3 is 2.50 bits per heavy atom. The van der Waals surface area contributed by atoms with E-state index in [0.29, 0.717) is 6.07 Å². The Morgan fingerprint density at radius 2 is 2.00 bits per heavy atom. The molecule has 0 N–H and O–H groups in total. The number of carbonyl (C=O) groups excluding carboxylic acids is 1. The average molecular weight is 188 g/mol. The lowest BCUT2D eigenvalue weighted by Crippen LogP contribution is -1.97. The number of rotatable bonds is 1. The molecule has 0 bridgehead atoms. The molecule has 12 heavy (non-hydrogen) atoms. The maximum atomic E-state index is 12.7. The van der Waals surface area contributed by atoms with Gasteiger partial charge in [0.1, 0.15) is 11.6 Å². The third kappa shape index (κ3) is 1.64. The summed E-state index contributed by atoms with van der Waals surface area (Å²) in [6.07, 6.45) is 0. The molecule has 0 fully saturated rings. The van der Waals surface area contributed by atoms with Crippen LogP contribution in [0.15, 0.2) is 17.0 Å². The van der Waals surface area contributed by atoms with Gasteiger partial charge in [0.25, 0.3) is 0 Å². The molecule has 0 aliphatic rings. The van der Waals surface area contributed by atoms with Crippen molar-refractivity contribution < 1.29 is 13.6 Å². The molecule has 0 spiro atoms. The Kier molecular flexibility index (Phi) is 2.47. The van der Waals surface area contributed by atoms with Crippen LogP contribution in [0.25, 0.3) is 0 Å². The fourth-order valence-corrected chi connectivity index (χ4v) is 1.12. The number of halogens is 2. The van der Waals surface area contributed by atoms with E-state index in [-0.39, 0.29) is 10.5 Å². The van der Waals surface area contributed by atoms with Crippen molar-refractivity contribution in [2.24, 2.45) is 0 Å². The summed E-state index contributed by atoms with van der Waals surface area (Å²) in [7, 11) is 0. The van der Waals surface area contributed by atoms with E-state index in [9.17, 15) is 13.6 Å². The van der Waals surface area contributed by atoms with E-state index in [0.717, 1.165) is 6.07 Å². The van der Waals surface area contributed by atoms with E-state index in [4.69, 9.17) is 0 Å². The van der Waals surface area contributed by atoms with Gasteiger partial charge in [0.15, 0.2) is 5.78 Å². The smallest absolute Gasteiger partial charge is 0.161 e. The highest BCUT2D eigenvalue weighted by Gasteiger charge is 2.10. The number of ketones is 1. The molecule has 1 aromatic rings. The quantitative estimate of drug-likeness (QED) is 0.529. The van der Waals surface area contributed by atoms with E-state index < -0.39 is 17.4 Å². The van der Waals surface area contributed by atoms with Gasteiger partial charge in [-0.3, -0.25) is 4.79 Å². The molecule has 0 atom stereocenters. The van der Waals surface area contributed by atoms with E-state index in [2.05, 4.69) is 12.6 Å². The summed E-state index contributed by atoms with van der Waals surface area (Å²) < 4.78 is 25.3. The molecule has 0 aromatic heterocycles. The molecule has 1 rings (SSSR count).